The predicted molar refractivity (Wildman–Crippen MR) is 67.7 cm³/mol. The fourth-order valence-electron chi connectivity index (χ4n) is 1.62. The molecular formula is C11H11ClN2OS. The topological polar surface area (TPSA) is 40.8 Å². The van der Waals surface area contributed by atoms with Crippen LogP contribution in [0.5, 0.6) is 5.75 Å². The summed E-state index contributed by atoms with van der Waals surface area (Å²) in [5, 5.41) is 0.663. The van der Waals surface area contributed by atoms with Crippen LogP contribution in [0.3, 0.4) is 0 Å². The summed E-state index contributed by atoms with van der Waals surface area (Å²) >= 11 is 11.0. The fourth-order valence-corrected chi connectivity index (χ4v) is 2.04. The third-order valence-corrected chi connectivity index (χ3v) is 2.78. The number of hydrogen-bond acceptors (Lipinski definition) is 2. The average molecular weight is 255 g/mol. The van der Waals surface area contributed by atoms with E-state index in [1.807, 2.05) is 19.1 Å². The van der Waals surface area contributed by atoms with Crippen LogP contribution < -0.4 is 4.74 Å². The molecule has 0 bridgehead atoms. The van der Waals surface area contributed by atoms with Gasteiger partial charge in [0, 0.05) is 16.3 Å². The average Bonchev–Trinajstić information content (AvgIpc) is 2.57. The molecule has 16 heavy (non-hydrogen) atoms. The highest BCUT2D eigenvalue weighted by molar-refractivity contribution is 7.71. The smallest absolute Gasteiger partial charge is 0.175 e. The number of aryl methyl sites for hydroxylation is 1. The van der Waals surface area contributed by atoms with E-state index in [-0.39, 0.29) is 0 Å². The Morgan fingerprint density at radius 2 is 2.06 bits per heavy atom. The first-order valence-electron chi connectivity index (χ1n) is 4.74. The molecule has 0 saturated heterocycles. The summed E-state index contributed by atoms with van der Waals surface area (Å²) < 4.78 is 5.88. The van der Waals surface area contributed by atoms with Crippen molar-refractivity contribution in [3.8, 4) is 17.0 Å². The second-order valence-electron chi connectivity index (χ2n) is 3.42. The molecule has 3 nitrogen and oxygen atoms in total. The zero-order valence-corrected chi connectivity index (χ0v) is 10.5. The Labute approximate surface area is 103 Å². The molecule has 0 aliphatic heterocycles. The fraction of sp³-hybridized carbons (Fsp3) is 0.182. The van der Waals surface area contributed by atoms with E-state index in [1.54, 1.807) is 13.2 Å². The number of imidazole rings is 1. The molecule has 0 saturated carbocycles. The Bertz CT molecular complexity index is 574. The van der Waals surface area contributed by atoms with Crippen molar-refractivity contribution >= 4 is 23.8 Å². The molecular weight excluding hydrogens is 244 g/mol. The molecule has 0 aliphatic rings. The Hall–Kier alpha value is -1.26. The van der Waals surface area contributed by atoms with Gasteiger partial charge in [-0.15, -0.1) is 0 Å². The van der Waals surface area contributed by atoms with Crippen LogP contribution in [0.4, 0.5) is 0 Å². The monoisotopic (exact) mass is 254 g/mol. The van der Waals surface area contributed by atoms with Crippen molar-refractivity contribution in [2.75, 3.05) is 7.11 Å². The molecule has 0 atom stereocenters. The van der Waals surface area contributed by atoms with Crippen LogP contribution in [0, 0.1) is 11.7 Å². The number of ether oxygens (including phenoxy) is 1. The highest BCUT2D eigenvalue weighted by atomic mass is 35.5. The maximum Gasteiger partial charge on any atom is 0.175 e. The summed E-state index contributed by atoms with van der Waals surface area (Å²) in [6, 6.07) is 5.48. The van der Waals surface area contributed by atoms with Gasteiger partial charge < -0.3 is 14.7 Å². The van der Waals surface area contributed by atoms with Gasteiger partial charge in [0.15, 0.2) is 4.77 Å². The second-order valence-corrected chi connectivity index (χ2v) is 4.27. The molecule has 0 unspecified atom stereocenters. The minimum Gasteiger partial charge on any atom is -0.496 e. The van der Waals surface area contributed by atoms with E-state index in [0.717, 1.165) is 22.7 Å². The van der Waals surface area contributed by atoms with E-state index in [2.05, 4.69) is 9.97 Å². The van der Waals surface area contributed by atoms with Gasteiger partial charge in [-0.1, -0.05) is 11.6 Å². The summed E-state index contributed by atoms with van der Waals surface area (Å²) in [5.41, 5.74) is 2.77. The van der Waals surface area contributed by atoms with Gasteiger partial charge in [0.25, 0.3) is 0 Å². The first-order valence-corrected chi connectivity index (χ1v) is 5.53. The van der Waals surface area contributed by atoms with Gasteiger partial charge in [-0.2, -0.15) is 0 Å². The van der Waals surface area contributed by atoms with E-state index in [4.69, 9.17) is 28.6 Å². The minimum absolute atomic E-state index is 0.592. The molecule has 0 radical (unpaired) electrons. The maximum atomic E-state index is 5.98. The summed E-state index contributed by atoms with van der Waals surface area (Å²) in [7, 11) is 1.63. The van der Waals surface area contributed by atoms with Gasteiger partial charge in [0.2, 0.25) is 0 Å². The summed E-state index contributed by atoms with van der Waals surface area (Å²) in [4.78, 5) is 6.12. The normalized spacial score (nSPS) is 10.4. The van der Waals surface area contributed by atoms with Gasteiger partial charge in [0.1, 0.15) is 5.75 Å². The van der Waals surface area contributed by atoms with E-state index in [1.165, 1.54) is 0 Å². The van der Waals surface area contributed by atoms with E-state index >= 15 is 0 Å². The number of nitrogens with one attached hydrogen (secondary N) is 2. The highest BCUT2D eigenvalue weighted by Gasteiger charge is 2.10. The molecule has 2 N–H and O–H groups in total. The molecule has 2 aromatic rings. The lowest BCUT2D eigenvalue weighted by atomic mass is 10.1. The molecule has 2 rings (SSSR count). The number of hydrogen-bond donors (Lipinski definition) is 2. The number of aromatic amines is 2. The number of halogens is 1. The van der Waals surface area contributed by atoms with Crippen LogP contribution in [0.15, 0.2) is 18.2 Å². The van der Waals surface area contributed by atoms with Crippen molar-refractivity contribution < 1.29 is 4.74 Å². The third kappa shape index (κ3) is 1.99. The Balaban J connectivity index is 2.67. The van der Waals surface area contributed by atoms with Gasteiger partial charge >= 0.3 is 0 Å². The zero-order chi connectivity index (χ0) is 11.7. The molecule has 0 spiro atoms. The molecule has 84 valence electrons. The number of aromatic nitrogens is 2. The van der Waals surface area contributed by atoms with Crippen molar-refractivity contribution in [3.63, 3.8) is 0 Å². The van der Waals surface area contributed by atoms with Crippen molar-refractivity contribution in [2.45, 2.75) is 6.92 Å². The highest BCUT2D eigenvalue weighted by Crippen LogP contribution is 2.32. The maximum absolute atomic E-state index is 5.98. The molecule has 1 aromatic heterocycles. The van der Waals surface area contributed by atoms with Crippen LogP contribution in [-0.2, 0) is 0 Å². The van der Waals surface area contributed by atoms with Crippen LogP contribution in [-0.4, -0.2) is 17.1 Å². The van der Waals surface area contributed by atoms with Crippen LogP contribution in [0.1, 0.15) is 5.69 Å². The zero-order valence-electron chi connectivity index (χ0n) is 8.93. The number of rotatable bonds is 2. The van der Waals surface area contributed by atoms with Crippen molar-refractivity contribution in [1.82, 2.24) is 9.97 Å². The lowest BCUT2D eigenvalue weighted by molar-refractivity contribution is 0.416. The minimum atomic E-state index is 0.592. The number of benzene rings is 1. The van der Waals surface area contributed by atoms with Crippen molar-refractivity contribution in [3.05, 3.63) is 33.7 Å². The van der Waals surface area contributed by atoms with E-state index in [0.29, 0.717) is 9.79 Å². The Morgan fingerprint density at radius 3 is 2.62 bits per heavy atom. The predicted octanol–water partition coefficient (Wildman–Crippen LogP) is 3.71. The summed E-state index contributed by atoms with van der Waals surface area (Å²) in [5.74, 6) is 0.762. The Kier molecular flexibility index (Phi) is 3.03. The lowest BCUT2D eigenvalue weighted by Gasteiger charge is -2.07. The lowest BCUT2D eigenvalue weighted by Crippen LogP contribution is -1.89. The third-order valence-electron chi connectivity index (χ3n) is 2.35. The molecule has 0 amide bonds. The van der Waals surface area contributed by atoms with Gasteiger partial charge in [-0.05, 0) is 37.3 Å². The molecule has 0 aliphatic carbocycles. The Morgan fingerprint density at radius 1 is 1.31 bits per heavy atom. The van der Waals surface area contributed by atoms with Gasteiger partial charge in [0.05, 0.1) is 12.8 Å². The number of methoxy groups -OCH3 is 1. The van der Waals surface area contributed by atoms with Crippen molar-refractivity contribution in [1.29, 1.82) is 0 Å². The molecule has 5 heteroatoms. The van der Waals surface area contributed by atoms with Crippen LogP contribution >= 0.6 is 23.8 Å². The summed E-state index contributed by atoms with van der Waals surface area (Å²) in [6.45, 7) is 1.95. The van der Waals surface area contributed by atoms with Crippen LogP contribution in [0.25, 0.3) is 11.3 Å². The van der Waals surface area contributed by atoms with E-state index < -0.39 is 0 Å². The largest absolute Gasteiger partial charge is 0.496 e. The molecule has 1 heterocycles. The molecule has 0 fully saturated rings. The van der Waals surface area contributed by atoms with Gasteiger partial charge in [-0.3, -0.25) is 0 Å². The second kappa shape index (κ2) is 4.31. The first-order chi connectivity index (χ1) is 7.61. The molecule has 1 aromatic carbocycles. The van der Waals surface area contributed by atoms with Gasteiger partial charge in [-0.25, -0.2) is 0 Å². The standard InChI is InChI=1S/C11H11ClN2OS/c1-6-10(14-11(16)13-6)8-5-7(12)3-4-9(8)15-2/h3-5H,1-2H3,(H2,13,14,16). The van der Waals surface area contributed by atoms with Crippen LogP contribution in [0.2, 0.25) is 5.02 Å². The summed E-state index contributed by atoms with van der Waals surface area (Å²) in [6.07, 6.45) is 0. The SMILES string of the molecule is COc1ccc(Cl)cc1-c1[nH]c(=S)[nH]c1C. The number of H-pyrrole nitrogens is 2. The van der Waals surface area contributed by atoms with Crippen molar-refractivity contribution in [2.24, 2.45) is 0 Å². The first kappa shape index (κ1) is 11.2. The van der Waals surface area contributed by atoms with E-state index in [9.17, 15) is 0 Å². The quantitative estimate of drug-likeness (QED) is 0.802.